The lowest BCUT2D eigenvalue weighted by Gasteiger charge is -2.58. The minimum absolute atomic E-state index is 0.0204. The molecule has 2 nitrogen and oxygen atoms in total. The van der Waals surface area contributed by atoms with Gasteiger partial charge in [-0.3, -0.25) is 0 Å². The quantitative estimate of drug-likeness (QED) is 0.450. The SMILES string of the molecule is CC.CC12CCC3C(CC=C4CC(O)CC[C@@]43C)C1CC[C@@H]2CCCC(O)C1CCC1. The van der Waals surface area contributed by atoms with E-state index in [-0.39, 0.29) is 12.2 Å². The van der Waals surface area contributed by atoms with E-state index in [1.165, 1.54) is 70.6 Å². The Morgan fingerprint density at radius 3 is 2.48 bits per heavy atom. The molecule has 178 valence electrons. The van der Waals surface area contributed by atoms with Crippen LogP contribution in [0.2, 0.25) is 0 Å². The number of rotatable bonds is 5. The molecule has 5 aliphatic rings. The highest BCUT2D eigenvalue weighted by molar-refractivity contribution is 5.25. The average Bonchev–Trinajstić information content (AvgIpc) is 3.05. The molecule has 0 spiro atoms. The lowest BCUT2D eigenvalue weighted by Crippen LogP contribution is -2.50. The third-order valence-corrected chi connectivity index (χ3v) is 11.0. The zero-order valence-electron chi connectivity index (χ0n) is 20.9. The molecule has 0 heterocycles. The van der Waals surface area contributed by atoms with Gasteiger partial charge < -0.3 is 10.2 Å². The molecular formula is C29H50O2. The van der Waals surface area contributed by atoms with Crippen LogP contribution in [0.4, 0.5) is 0 Å². The third kappa shape index (κ3) is 4.18. The van der Waals surface area contributed by atoms with Gasteiger partial charge in [-0.05, 0) is 117 Å². The smallest absolute Gasteiger partial charge is 0.0577 e. The van der Waals surface area contributed by atoms with E-state index in [0.717, 1.165) is 42.9 Å². The van der Waals surface area contributed by atoms with E-state index in [2.05, 4.69) is 19.9 Å². The van der Waals surface area contributed by atoms with Crippen molar-refractivity contribution in [2.75, 3.05) is 0 Å². The number of fused-ring (bicyclic) bond motifs is 5. The summed E-state index contributed by atoms with van der Waals surface area (Å²) in [5, 5.41) is 20.6. The van der Waals surface area contributed by atoms with Gasteiger partial charge in [-0.15, -0.1) is 0 Å². The van der Waals surface area contributed by atoms with E-state index in [1.54, 1.807) is 5.57 Å². The summed E-state index contributed by atoms with van der Waals surface area (Å²) >= 11 is 0. The molecule has 5 rings (SSSR count). The summed E-state index contributed by atoms with van der Waals surface area (Å²) in [5.41, 5.74) is 2.51. The number of allylic oxidation sites excluding steroid dienone is 1. The van der Waals surface area contributed by atoms with Crippen molar-refractivity contribution in [2.24, 2.45) is 40.4 Å². The number of aliphatic hydroxyl groups excluding tert-OH is 2. The summed E-state index contributed by atoms with van der Waals surface area (Å²) in [6.07, 6.45) is 20.0. The van der Waals surface area contributed by atoms with Crippen LogP contribution in [0.25, 0.3) is 0 Å². The average molecular weight is 431 g/mol. The molecule has 0 aliphatic heterocycles. The Kier molecular flexibility index (Phi) is 7.29. The molecule has 0 saturated heterocycles. The molecular weight excluding hydrogens is 380 g/mol. The van der Waals surface area contributed by atoms with Crippen LogP contribution in [-0.4, -0.2) is 22.4 Å². The van der Waals surface area contributed by atoms with Crippen LogP contribution in [0.3, 0.4) is 0 Å². The highest BCUT2D eigenvalue weighted by Gasteiger charge is 2.58. The lowest BCUT2D eigenvalue weighted by molar-refractivity contribution is -0.0514. The summed E-state index contributed by atoms with van der Waals surface area (Å²) in [6, 6.07) is 0. The summed E-state index contributed by atoms with van der Waals surface area (Å²) in [6.45, 7) is 9.18. The normalized spacial score (nSPS) is 45.2. The number of aliphatic hydroxyl groups is 2. The topological polar surface area (TPSA) is 40.5 Å². The second-order valence-electron chi connectivity index (χ2n) is 12.2. The molecule has 31 heavy (non-hydrogen) atoms. The first-order valence-electron chi connectivity index (χ1n) is 14.0. The standard InChI is InChI=1S/C27H44O2.C2H6/c1-26-16-14-24-22(11-9-20-17-21(28)13-15-27(20,24)2)23(26)12-10-19(26)7-4-8-25(29)18-5-3-6-18;1-2/h9,18-19,21-25,28-29H,3-8,10-17H2,1-2H3;1-2H3/t19-,21?,22?,23?,24?,25?,26?,27-;/m0./s1. The van der Waals surface area contributed by atoms with E-state index in [1.807, 2.05) is 13.8 Å². The predicted octanol–water partition coefficient (Wildman–Crippen LogP) is 7.28. The Bertz CT molecular complexity index is 637. The van der Waals surface area contributed by atoms with Crippen molar-refractivity contribution >= 4 is 0 Å². The molecule has 8 atom stereocenters. The Balaban J connectivity index is 0.00000112. The van der Waals surface area contributed by atoms with E-state index < -0.39 is 0 Å². The first kappa shape index (κ1) is 23.8. The van der Waals surface area contributed by atoms with Gasteiger partial charge in [0.25, 0.3) is 0 Å². The van der Waals surface area contributed by atoms with Gasteiger partial charge in [0, 0.05) is 0 Å². The maximum Gasteiger partial charge on any atom is 0.0577 e. The van der Waals surface area contributed by atoms with Crippen LogP contribution in [0.1, 0.15) is 118 Å². The highest BCUT2D eigenvalue weighted by atomic mass is 16.3. The van der Waals surface area contributed by atoms with Crippen LogP contribution in [0.15, 0.2) is 11.6 Å². The van der Waals surface area contributed by atoms with E-state index in [4.69, 9.17) is 0 Å². The summed E-state index contributed by atoms with van der Waals surface area (Å²) in [4.78, 5) is 0. The molecule has 0 amide bonds. The van der Waals surface area contributed by atoms with E-state index in [0.29, 0.717) is 16.7 Å². The molecule has 6 unspecified atom stereocenters. The summed E-state index contributed by atoms with van der Waals surface area (Å²) < 4.78 is 0. The molecule has 4 fully saturated rings. The van der Waals surface area contributed by atoms with Gasteiger partial charge in [0.1, 0.15) is 0 Å². The van der Waals surface area contributed by atoms with Gasteiger partial charge in [-0.1, -0.05) is 52.2 Å². The minimum atomic E-state index is -0.0918. The van der Waals surface area contributed by atoms with E-state index >= 15 is 0 Å². The van der Waals surface area contributed by atoms with E-state index in [9.17, 15) is 10.2 Å². The van der Waals surface area contributed by atoms with Crippen LogP contribution in [0, 0.1) is 40.4 Å². The van der Waals surface area contributed by atoms with Crippen LogP contribution < -0.4 is 0 Å². The van der Waals surface area contributed by atoms with Gasteiger partial charge in [-0.2, -0.15) is 0 Å². The Labute approximate surface area is 192 Å². The fourth-order valence-electron chi connectivity index (χ4n) is 8.86. The fraction of sp³-hybridized carbons (Fsp3) is 0.931. The Hall–Kier alpha value is -0.340. The third-order valence-electron chi connectivity index (χ3n) is 11.0. The maximum atomic E-state index is 10.4. The minimum Gasteiger partial charge on any atom is -0.393 e. The molecule has 2 heteroatoms. The zero-order chi connectivity index (χ0) is 22.2. The Morgan fingerprint density at radius 1 is 1.00 bits per heavy atom. The van der Waals surface area contributed by atoms with Gasteiger partial charge in [0.05, 0.1) is 12.2 Å². The molecule has 0 aromatic carbocycles. The highest BCUT2D eigenvalue weighted by Crippen LogP contribution is 2.66. The molecule has 0 aromatic rings. The fourth-order valence-corrected chi connectivity index (χ4v) is 8.86. The van der Waals surface area contributed by atoms with Gasteiger partial charge in [-0.25, -0.2) is 0 Å². The molecule has 5 aliphatic carbocycles. The van der Waals surface area contributed by atoms with Crippen molar-refractivity contribution in [3.63, 3.8) is 0 Å². The summed E-state index contributed by atoms with van der Waals surface area (Å²) in [7, 11) is 0. The van der Waals surface area contributed by atoms with Crippen molar-refractivity contribution in [2.45, 2.75) is 130 Å². The zero-order valence-corrected chi connectivity index (χ0v) is 20.9. The van der Waals surface area contributed by atoms with Gasteiger partial charge in [0.2, 0.25) is 0 Å². The van der Waals surface area contributed by atoms with Crippen molar-refractivity contribution < 1.29 is 10.2 Å². The van der Waals surface area contributed by atoms with Crippen LogP contribution in [0.5, 0.6) is 0 Å². The second kappa shape index (κ2) is 9.49. The summed E-state index contributed by atoms with van der Waals surface area (Å²) in [5.74, 6) is 4.14. The maximum absolute atomic E-state index is 10.4. The largest absolute Gasteiger partial charge is 0.393 e. The predicted molar refractivity (Wildman–Crippen MR) is 130 cm³/mol. The van der Waals surface area contributed by atoms with Crippen LogP contribution >= 0.6 is 0 Å². The number of hydrogen-bond donors (Lipinski definition) is 2. The van der Waals surface area contributed by atoms with Crippen molar-refractivity contribution in [1.29, 1.82) is 0 Å². The lowest BCUT2D eigenvalue weighted by atomic mass is 9.47. The van der Waals surface area contributed by atoms with Gasteiger partial charge >= 0.3 is 0 Å². The first-order chi connectivity index (χ1) is 14.9. The van der Waals surface area contributed by atoms with Crippen molar-refractivity contribution in [3.05, 3.63) is 11.6 Å². The van der Waals surface area contributed by atoms with Crippen molar-refractivity contribution in [3.8, 4) is 0 Å². The van der Waals surface area contributed by atoms with Crippen LogP contribution in [-0.2, 0) is 0 Å². The van der Waals surface area contributed by atoms with Crippen molar-refractivity contribution in [1.82, 2.24) is 0 Å². The monoisotopic (exact) mass is 430 g/mol. The second-order valence-corrected chi connectivity index (χ2v) is 12.2. The molecule has 0 bridgehead atoms. The molecule has 4 saturated carbocycles. The number of hydrogen-bond acceptors (Lipinski definition) is 2. The Morgan fingerprint density at radius 2 is 1.77 bits per heavy atom. The first-order valence-corrected chi connectivity index (χ1v) is 14.0. The molecule has 2 N–H and O–H groups in total. The van der Waals surface area contributed by atoms with Gasteiger partial charge in [0.15, 0.2) is 0 Å². The molecule has 0 aromatic heterocycles. The molecule has 0 radical (unpaired) electrons.